The molecule has 2 amide bonds. The van der Waals surface area contributed by atoms with Gasteiger partial charge >= 0.3 is 5.69 Å². The number of nitrogens with one attached hydrogen (secondary N) is 4. The van der Waals surface area contributed by atoms with Crippen LogP contribution in [0.25, 0.3) is 0 Å². The lowest BCUT2D eigenvalue weighted by Gasteiger charge is -2.26. The SMILES string of the molecule is N[C@@H](Cc1c[nH]cn1)C(=O)N1CCC[C@H]1C(=O)NCc1[nH]c(=O)[nH]c(=O)c1Cl. The van der Waals surface area contributed by atoms with Gasteiger partial charge in [-0.25, -0.2) is 9.78 Å². The Balaban J connectivity index is 1.63. The number of H-pyrrole nitrogens is 3. The van der Waals surface area contributed by atoms with E-state index in [4.69, 9.17) is 17.3 Å². The van der Waals surface area contributed by atoms with Gasteiger partial charge in [-0.15, -0.1) is 0 Å². The predicted octanol–water partition coefficient (Wildman–Crippen LogP) is -1.38. The highest BCUT2D eigenvalue weighted by molar-refractivity contribution is 6.31. The summed E-state index contributed by atoms with van der Waals surface area (Å²) in [5.41, 5.74) is 5.29. The largest absolute Gasteiger partial charge is 0.351 e. The summed E-state index contributed by atoms with van der Waals surface area (Å²) >= 11 is 5.84. The molecule has 3 heterocycles. The molecule has 11 nitrogen and oxygen atoms in total. The minimum Gasteiger partial charge on any atom is -0.351 e. The molecule has 1 saturated heterocycles. The van der Waals surface area contributed by atoms with Crippen LogP contribution >= 0.6 is 11.6 Å². The summed E-state index contributed by atoms with van der Waals surface area (Å²) in [6.45, 7) is 0.280. The zero-order valence-electron chi connectivity index (χ0n) is 14.8. The number of nitrogens with two attached hydrogens (primary N) is 1. The molecule has 6 N–H and O–H groups in total. The van der Waals surface area contributed by atoms with Crippen molar-refractivity contribution in [1.29, 1.82) is 0 Å². The third-order valence-electron chi connectivity index (χ3n) is 4.53. The molecule has 0 aromatic carbocycles. The third-order valence-corrected chi connectivity index (χ3v) is 4.93. The van der Waals surface area contributed by atoms with Crippen molar-refractivity contribution >= 4 is 23.4 Å². The van der Waals surface area contributed by atoms with Crippen molar-refractivity contribution < 1.29 is 9.59 Å². The molecule has 2 aromatic heterocycles. The molecule has 28 heavy (non-hydrogen) atoms. The minimum absolute atomic E-state index is 0.0925. The molecule has 0 aliphatic carbocycles. The molecule has 1 fully saturated rings. The smallest absolute Gasteiger partial charge is 0.326 e. The molecule has 2 aromatic rings. The van der Waals surface area contributed by atoms with Crippen LogP contribution in [0.5, 0.6) is 0 Å². The van der Waals surface area contributed by atoms with Gasteiger partial charge in [-0.05, 0) is 12.8 Å². The first-order valence-electron chi connectivity index (χ1n) is 8.69. The number of rotatable bonds is 6. The molecule has 3 rings (SSSR count). The summed E-state index contributed by atoms with van der Waals surface area (Å²) in [6, 6.07) is -1.49. The van der Waals surface area contributed by atoms with Crippen molar-refractivity contribution in [3.63, 3.8) is 0 Å². The second-order valence-electron chi connectivity index (χ2n) is 6.48. The van der Waals surface area contributed by atoms with E-state index in [1.807, 2.05) is 4.98 Å². The molecule has 1 aliphatic rings. The van der Waals surface area contributed by atoms with Crippen molar-refractivity contribution in [2.24, 2.45) is 5.73 Å². The first kappa shape index (κ1) is 19.8. The van der Waals surface area contributed by atoms with Crippen LogP contribution < -0.4 is 22.3 Å². The van der Waals surface area contributed by atoms with E-state index in [1.165, 1.54) is 11.2 Å². The molecule has 2 atom stereocenters. The van der Waals surface area contributed by atoms with Gasteiger partial charge in [0.25, 0.3) is 5.56 Å². The molecule has 0 unspecified atom stereocenters. The summed E-state index contributed by atoms with van der Waals surface area (Å²) in [6.07, 6.45) is 4.58. The lowest BCUT2D eigenvalue weighted by Crippen LogP contribution is -2.51. The van der Waals surface area contributed by atoms with Crippen LogP contribution in [0, 0.1) is 0 Å². The van der Waals surface area contributed by atoms with Crippen molar-refractivity contribution in [3.05, 3.63) is 49.8 Å². The van der Waals surface area contributed by atoms with E-state index in [2.05, 4.69) is 20.3 Å². The van der Waals surface area contributed by atoms with Crippen molar-refractivity contribution in [2.45, 2.75) is 37.9 Å². The van der Waals surface area contributed by atoms with Crippen LogP contribution in [-0.2, 0) is 22.6 Å². The maximum atomic E-state index is 12.7. The van der Waals surface area contributed by atoms with Crippen LogP contribution in [0.4, 0.5) is 0 Å². The summed E-state index contributed by atoms with van der Waals surface area (Å²) in [7, 11) is 0. The molecule has 0 radical (unpaired) electrons. The molecule has 0 spiro atoms. The van der Waals surface area contributed by atoms with Crippen molar-refractivity contribution in [3.8, 4) is 0 Å². The van der Waals surface area contributed by atoms with E-state index in [1.54, 1.807) is 6.20 Å². The number of aromatic nitrogens is 4. The standard InChI is InChI=1S/C16H20ClN7O4/c17-12-10(22-16(28)23-14(12)26)6-20-13(25)11-2-1-3-24(11)15(27)9(18)4-8-5-19-7-21-8/h5,7,9,11H,1-4,6,18H2,(H,19,21)(H,20,25)(H2,22,23,26,28)/t9-,11-/m0/s1. The second kappa shape index (κ2) is 8.40. The first-order valence-corrected chi connectivity index (χ1v) is 9.07. The number of hydrogen-bond donors (Lipinski definition) is 5. The number of hydrogen-bond acceptors (Lipinski definition) is 6. The average molecular weight is 410 g/mol. The topological polar surface area (TPSA) is 170 Å². The first-order chi connectivity index (χ1) is 13.4. The van der Waals surface area contributed by atoms with Gasteiger partial charge < -0.3 is 25.9 Å². The van der Waals surface area contributed by atoms with Crippen LogP contribution in [0.3, 0.4) is 0 Å². The van der Waals surface area contributed by atoms with Crippen molar-refractivity contribution in [1.82, 2.24) is 30.2 Å². The van der Waals surface area contributed by atoms with Gasteiger partial charge in [0.15, 0.2) is 0 Å². The number of likely N-dealkylation sites (tertiary alicyclic amines) is 1. The molecule has 12 heteroatoms. The third kappa shape index (κ3) is 4.31. The van der Waals surface area contributed by atoms with Crippen LogP contribution in [-0.4, -0.2) is 55.3 Å². The molecule has 150 valence electrons. The Morgan fingerprint density at radius 1 is 1.39 bits per heavy atom. The van der Waals surface area contributed by atoms with Gasteiger partial charge in [-0.1, -0.05) is 11.6 Å². The van der Waals surface area contributed by atoms with E-state index in [-0.39, 0.29) is 29.6 Å². The number of aromatic amines is 3. The number of amides is 2. The minimum atomic E-state index is -0.810. The van der Waals surface area contributed by atoms with Gasteiger partial charge in [0.2, 0.25) is 11.8 Å². The highest BCUT2D eigenvalue weighted by Crippen LogP contribution is 2.19. The quantitative estimate of drug-likeness (QED) is 0.393. The fourth-order valence-electron chi connectivity index (χ4n) is 3.16. The maximum Gasteiger partial charge on any atom is 0.326 e. The molecule has 1 aliphatic heterocycles. The molecule has 0 bridgehead atoms. The Labute approximate surface area is 163 Å². The van der Waals surface area contributed by atoms with E-state index >= 15 is 0 Å². The van der Waals surface area contributed by atoms with E-state index in [9.17, 15) is 19.2 Å². The number of carbonyl (C=O) groups is 2. The number of halogens is 1. The van der Waals surface area contributed by atoms with Crippen LogP contribution in [0.1, 0.15) is 24.2 Å². The van der Waals surface area contributed by atoms with Gasteiger partial charge in [0, 0.05) is 19.2 Å². The normalized spacial score (nSPS) is 17.5. The molecule has 0 saturated carbocycles. The average Bonchev–Trinajstić information content (AvgIpc) is 3.34. The number of nitrogens with zero attached hydrogens (tertiary/aromatic N) is 2. The van der Waals surface area contributed by atoms with Gasteiger partial charge in [0.1, 0.15) is 11.1 Å². The zero-order valence-corrected chi connectivity index (χ0v) is 15.6. The monoisotopic (exact) mass is 409 g/mol. The molecular weight excluding hydrogens is 390 g/mol. The Hall–Kier alpha value is -2.92. The summed E-state index contributed by atoms with van der Waals surface area (Å²) < 4.78 is 0. The highest BCUT2D eigenvalue weighted by atomic mass is 35.5. The predicted molar refractivity (Wildman–Crippen MR) is 99.5 cm³/mol. The summed E-state index contributed by atoms with van der Waals surface area (Å²) in [5.74, 6) is -0.738. The Morgan fingerprint density at radius 2 is 2.18 bits per heavy atom. The van der Waals surface area contributed by atoms with Crippen LogP contribution in [0.15, 0.2) is 22.1 Å². The summed E-state index contributed by atoms with van der Waals surface area (Å²) in [4.78, 5) is 60.8. The van der Waals surface area contributed by atoms with E-state index in [0.29, 0.717) is 25.1 Å². The Bertz CT molecular complexity index is 968. The lowest BCUT2D eigenvalue weighted by molar-refractivity contribution is -0.139. The Morgan fingerprint density at radius 3 is 2.89 bits per heavy atom. The fraction of sp³-hybridized carbons (Fsp3) is 0.438. The van der Waals surface area contributed by atoms with Gasteiger partial charge in [0.05, 0.1) is 30.3 Å². The summed E-state index contributed by atoms with van der Waals surface area (Å²) in [5, 5.41) is 2.40. The fourth-order valence-corrected chi connectivity index (χ4v) is 3.33. The van der Waals surface area contributed by atoms with E-state index < -0.39 is 29.2 Å². The number of imidazole rings is 1. The molecular formula is C16H20ClN7O4. The van der Waals surface area contributed by atoms with Gasteiger partial charge in [-0.3, -0.25) is 19.4 Å². The van der Waals surface area contributed by atoms with Gasteiger partial charge in [-0.2, -0.15) is 0 Å². The highest BCUT2D eigenvalue weighted by Gasteiger charge is 2.36. The lowest BCUT2D eigenvalue weighted by atomic mass is 10.1. The maximum absolute atomic E-state index is 12.7. The Kier molecular flexibility index (Phi) is 5.95. The number of carbonyl (C=O) groups excluding carboxylic acids is 2. The second-order valence-corrected chi connectivity index (χ2v) is 6.86. The zero-order chi connectivity index (χ0) is 20.3. The van der Waals surface area contributed by atoms with Crippen LogP contribution in [0.2, 0.25) is 5.02 Å². The van der Waals surface area contributed by atoms with Crippen molar-refractivity contribution in [2.75, 3.05) is 6.54 Å². The van der Waals surface area contributed by atoms with E-state index in [0.717, 1.165) is 0 Å².